The van der Waals surface area contributed by atoms with Crippen LogP contribution in [0.15, 0.2) is 30.3 Å². The van der Waals surface area contributed by atoms with Crippen molar-refractivity contribution in [3.63, 3.8) is 0 Å². The molecule has 0 bridgehead atoms. The molecule has 7 nitrogen and oxygen atoms in total. The summed E-state index contributed by atoms with van der Waals surface area (Å²) in [4.78, 5) is 0. The van der Waals surface area contributed by atoms with E-state index in [1.807, 2.05) is 6.07 Å². The maximum atomic E-state index is 6.46. The lowest BCUT2D eigenvalue weighted by Crippen LogP contribution is -2.09. The molecule has 0 spiro atoms. The van der Waals surface area contributed by atoms with Gasteiger partial charge in [-0.05, 0) is 40.6 Å². The van der Waals surface area contributed by atoms with E-state index in [9.17, 15) is 0 Å². The van der Waals surface area contributed by atoms with Gasteiger partial charge in [0, 0.05) is 39.8 Å². The molecule has 154 valence electrons. The maximum absolute atomic E-state index is 6.46. The lowest BCUT2D eigenvalue weighted by molar-refractivity contribution is 0.284. The van der Waals surface area contributed by atoms with Crippen molar-refractivity contribution in [1.29, 1.82) is 0 Å². The van der Waals surface area contributed by atoms with E-state index in [1.165, 1.54) is 0 Å². The molecule has 0 unspecified atom stereocenters. The fourth-order valence-corrected chi connectivity index (χ4v) is 3.40. The minimum absolute atomic E-state index is 0.189. The molecule has 3 aromatic rings. The lowest BCUT2D eigenvalue weighted by Gasteiger charge is -2.15. The molecule has 0 aliphatic rings. The zero-order valence-corrected chi connectivity index (χ0v) is 18.2. The van der Waals surface area contributed by atoms with Gasteiger partial charge in [-0.3, -0.25) is 0 Å². The van der Waals surface area contributed by atoms with Crippen LogP contribution in [0.2, 0.25) is 15.1 Å². The number of hydrogen-bond donors (Lipinski definition) is 1. The van der Waals surface area contributed by atoms with Crippen molar-refractivity contribution >= 4 is 40.8 Å². The SMILES string of the molecule is CCCn1nnnc1NCc1cc(OC)c(OCc2c(Cl)cccc2Cl)cc1Cl. The zero-order chi connectivity index (χ0) is 20.8. The van der Waals surface area contributed by atoms with Crippen molar-refractivity contribution in [2.45, 2.75) is 33.0 Å². The minimum atomic E-state index is 0.189. The lowest BCUT2D eigenvalue weighted by atomic mass is 10.2. The van der Waals surface area contributed by atoms with E-state index in [1.54, 1.807) is 36.1 Å². The Morgan fingerprint density at radius 1 is 1.07 bits per heavy atom. The number of nitrogens with zero attached hydrogens (tertiary/aromatic N) is 4. The number of ether oxygens (including phenoxy) is 2. The number of aryl methyl sites for hydroxylation is 1. The number of aromatic nitrogens is 4. The Morgan fingerprint density at radius 3 is 2.52 bits per heavy atom. The average molecular weight is 457 g/mol. The van der Waals surface area contributed by atoms with E-state index >= 15 is 0 Å². The number of nitrogens with one attached hydrogen (secondary N) is 1. The number of benzene rings is 2. The molecule has 0 saturated heterocycles. The summed E-state index contributed by atoms with van der Waals surface area (Å²) in [5.41, 5.74) is 1.51. The summed E-state index contributed by atoms with van der Waals surface area (Å²) in [7, 11) is 1.57. The fraction of sp³-hybridized carbons (Fsp3) is 0.316. The zero-order valence-electron chi connectivity index (χ0n) is 16.0. The van der Waals surface area contributed by atoms with Gasteiger partial charge in [0.15, 0.2) is 11.5 Å². The summed E-state index contributed by atoms with van der Waals surface area (Å²) in [5, 5.41) is 16.4. The Balaban J connectivity index is 1.74. The van der Waals surface area contributed by atoms with Crippen LogP contribution in [-0.4, -0.2) is 27.3 Å². The number of rotatable bonds is 9. The molecule has 0 fully saturated rings. The fourth-order valence-electron chi connectivity index (χ4n) is 2.67. The molecule has 2 aromatic carbocycles. The second-order valence-corrected chi connectivity index (χ2v) is 7.38. The molecule has 0 amide bonds. The Labute approximate surface area is 183 Å². The highest BCUT2D eigenvalue weighted by molar-refractivity contribution is 6.36. The first kappa shape index (κ1) is 21.5. The first-order valence-corrected chi connectivity index (χ1v) is 10.1. The van der Waals surface area contributed by atoms with Crippen LogP contribution < -0.4 is 14.8 Å². The second kappa shape index (κ2) is 10.0. The number of tetrazole rings is 1. The molecule has 3 rings (SSSR count). The molecule has 1 heterocycles. The van der Waals surface area contributed by atoms with E-state index in [4.69, 9.17) is 44.3 Å². The number of methoxy groups -OCH3 is 1. The molecule has 0 radical (unpaired) electrons. The predicted molar refractivity (Wildman–Crippen MR) is 114 cm³/mol. The first-order chi connectivity index (χ1) is 14.0. The number of halogens is 3. The van der Waals surface area contributed by atoms with Crippen molar-refractivity contribution in [2.75, 3.05) is 12.4 Å². The minimum Gasteiger partial charge on any atom is -0.493 e. The Bertz CT molecular complexity index is 960. The third-order valence-electron chi connectivity index (χ3n) is 4.17. The normalized spacial score (nSPS) is 10.8. The summed E-state index contributed by atoms with van der Waals surface area (Å²) < 4.78 is 13.0. The Kier molecular flexibility index (Phi) is 7.41. The van der Waals surface area contributed by atoms with E-state index in [2.05, 4.69) is 27.8 Å². The highest BCUT2D eigenvalue weighted by Crippen LogP contribution is 2.35. The molecule has 1 N–H and O–H groups in total. The van der Waals surface area contributed by atoms with Gasteiger partial charge in [-0.15, -0.1) is 0 Å². The van der Waals surface area contributed by atoms with Gasteiger partial charge in [-0.1, -0.05) is 52.9 Å². The molecule has 29 heavy (non-hydrogen) atoms. The van der Waals surface area contributed by atoms with Crippen LogP contribution >= 0.6 is 34.8 Å². The van der Waals surface area contributed by atoms with Crippen LogP contribution in [0.5, 0.6) is 11.5 Å². The van der Waals surface area contributed by atoms with E-state index in [0.717, 1.165) is 18.5 Å². The van der Waals surface area contributed by atoms with Crippen molar-refractivity contribution < 1.29 is 9.47 Å². The van der Waals surface area contributed by atoms with Crippen LogP contribution in [0.3, 0.4) is 0 Å². The maximum Gasteiger partial charge on any atom is 0.243 e. The molecule has 1 aromatic heterocycles. The summed E-state index contributed by atoms with van der Waals surface area (Å²) in [5.74, 6) is 1.62. The van der Waals surface area contributed by atoms with Gasteiger partial charge in [-0.25, -0.2) is 4.68 Å². The van der Waals surface area contributed by atoms with E-state index < -0.39 is 0 Å². The summed E-state index contributed by atoms with van der Waals surface area (Å²) in [6.07, 6.45) is 0.926. The second-order valence-electron chi connectivity index (χ2n) is 6.16. The van der Waals surface area contributed by atoms with Crippen molar-refractivity contribution in [3.05, 3.63) is 56.5 Å². The van der Waals surface area contributed by atoms with Crippen LogP contribution in [0.25, 0.3) is 0 Å². The average Bonchev–Trinajstić information content (AvgIpc) is 3.14. The van der Waals surface area contributed by atoms with Gasteiger partial charge in [0.05, 0.1) is 7.11 Å². The summed E-state index contributed by atoms with van der Waals surface area (Å²) in [6.45, 7) is 3.40. The predicted octanol–water partition coefficient (Wildman–Crippen LogP) is 5.24. The first-order valence-electron chi connectivity index (χ1n) is 8.95. The highest BCUT2D eigenvalue weighted by Gasteiger charge is 2.14. The molecule has 0 saturated carbocycles. The molecular weight excluding hydrogens is 437 g/mol. The van der Waals surface area contributed by atoms with Gasteiger partial charge < -0.3 is 14.8 Å². The topological polar surface area (TPSA) is 74.1 Å². The molecule has 0 aliphatic heterocycles. The molecule has 0 atom stereocenters. The van der Waals surface area contributed by atoms with Gasteiger partial charge in [0.1, 0.15) is 6.61 Å². The third kappa shape index (κ3) is 5.23. The molecule has 0 aliphatic carbocycles. The van der Waals surface area contributed by atoms with Crippen molar-refractivity contribution in [1.82, 2.24) is 20.2 Å². The van der Waals surface area contributed by atoms with E-state index in [0.29, 0.717) is 44.6 Å². The van der Waals surface area contributed by atoms with Crippen LogP contribution in [0.4, 0.5) is 5.95 Å². The smallest absolute Gasteiger partial charge is 0.243 e. The van der Waals surface area contributed by atoms with Gasteiger partial charge in [0.2, 0.25) is 5.95 Å². The monoisotopic (exact) mass is 455 g/mol. The van der Waals surface area contributed by atoms with E-state index in [-0.39, 0.29) is 6.61 Å². The number of hydrogen-bond acceptors (Lipinski definition) is 6. The summed E-state index contributed by atoms with van der Waals surface area (Å²) >= 11 is 18.9. The Morgan fingerprint density at radius 2 is 1.83 bits per heavy atom. The largest absolute Gasteiger partial charge is 0.493 e. The number of anilines is 1. The van der Waals surface area contributed by atoms with Gasteiger partial charge >= 0.3 is 0 Å². The van der Waals surface area contributed by atoms with Crippen LogP contribution in [0.1, 0.15) is 24.5 Å². The summed E-state index contributed by atoms with van der Waals surface area (Å²) in [6, 6.07) is 8.82. The highest BCUT2D eigenvalue weighted by atomic mass is 35.5. The standard InChI is InChI=1S/C19H20Cl3N5O2/c1-3-7-27-19(24-25-26-27)23-10-12-8-17(28-2)18(9-16(12)22)29-11-13-14(20)5-4-6-15(13)21/h4-6,8-9H,3,7,10-11H2,1-2H3,(H,23,24,26). The molecule has 10 heteroatoms. The van der Waals surface area contributed by atoms with Crippen molar-refractivity contribution in [3.8, 4) is 11.5 Å². The quantitative estimate of drug-likeness (QED) is 0.474. The Hall–Kier alpha value is -2.22. The van der Waals surface area contributed by atoms with Crippen LogP contribution in [-0.2, 0) is 19.7 Å². The van der Waals surface area contributed by atoms with Gasteiger partial charge in [-0.2, -0.15) is 0 Å². The van der Waals surface area contributed by atoms with Crippen molar-refractivity contribution in [2.24, 2.45) is 0 Å². The van der Waals surface area contributed by atoms with Crippen LogP contribution in [0, 0.1) is 0 Å². The molecular formula is C19H20Cl3N5O2. The third-order valence-corrected chi connectivity index (χ3v) is 5.23. The van der Waals surface area contributed by atoms with Gasteiger partial charge in [0.25, 0.3) is 0 Å².